The molecule has 2 unspecified atom stereocenters. The number of carboxylic acid groups (broad SMARTS) is 1. The number of nitrogens with zero attached hydrogens (tertiary/aromatic N) is 4. The molecular formula is C20H21N5O8S. The van der Waals surface area contributed by atoms with Gasteiger partial charge in [0.15, 0.2) is 11.9 Å². The van der Waals surface area contributed by atoms with Gasteiger partial charge in [0.2, 0.25) is 0 Å². The van der Waals surface area contributed by atoms with E-state index in [1.165, 1.54) is 29.0 Å². The van der Waals surface area contributed by atoms with E-state index in [2.05, 4.69) is 15.0 Å². The summed E-state index contributed by atoms with van der Waals surface area (Å²) in [4.78, 5) is 34.9. The minimum atomic E-state index is -1.38. The van der Waals surface area contributed by atoms with Crippen molar-refractivity contribution < 1.29 is 39.5 Å². The highest BCUT2D eigenvalue weighted by molar-refractivity contribution is 7.98. The van der Waals surface area contributed by atoms with Gasteiger partial charge in [-0.05, 0) is 17.7 Å². The third-order valence-corrected chi connectivity index (χ3v) is 6.06. The number of benzene rings is 1. The second kappa shape index (κ2) is 10.2. The largest absolute Gasteiger partial charge is 0.508 e. The van der Waals surface area contributed by atoms with E-state index in [0.29, 0.717) is 21.9 Å². The van der Waals surface area contributed by atoms with Crippen LogP contribution in [-0.2, 0) is 20.0 Å². The van der Waals surface area contributed by atoms with Crippen molar-refractivity contribution in [3.8, 4) is 5.75 Å². The second-order valence-electron chi connectivity index (χ2n) is 7.35. The van der Waals surface area contributed by atoms with E-state index in [1.54, 1.807) is 24.3 Å². The average Bonchev–Trinajstić information content (AvgIpc) is 3.37. The van der Waals surface area contributed by atoms with Crippen LogP contribution in [0.15, 0.2) is 41.9 Å². The SMILES string of the molecule is O=C(O)CNC(=O)OC[C@H]1O[C@@H](n2cnc3c(SCc4ccc(O)cc4)ncnc32)C(O)C1O. The fourth-order valence-corrected chi connectivity index (χ4v) is 4.22. The molecule has 3 heterocycles. The van der Waals surface area contributed by atoms with Crippen molar-refractivity contribution in [1.29, 1.82) is 0 Å². The minimum Gasteiger partial charge on any atom is -0.508 e. The van der Waals surface area contributed by atoms with Crippen LogP contribution < -0.4 is 5.32 Å². The summed E-state index contributed by atoms with van der Waals surface area (Å²) in [6, 6.07) is 6.79. The van der Waals surface area contributed by atoms with E-state index < -0.39 is 49.8 Å². The van der Waals surface area contributed by atoms with Gasteiger partial charge in [0.25, 0.3) is 0 Å². The Bertz CT molecular complexity index is 1170. The number of nitrogens with one attached hydrogen (secondary N) is 1. The number of phenols is 1. The molecule has 0 saturated carbocycles. The number of thioether (sulfide) groups is 1. The number of phenolic OH excluding ortho intramolecular Hbond substituents is 1. The number of aromatic nitrogens is 4. The number of fused-ring (bicyclic) bond motifs is 1. The molecule has 0 spiro atoms. The number of aromatic hydroxyl groups is 1. The quantitative estimate of drug-likeness (QED) is 0.214. The van der Waals surface area contributed by atoms with Crippen molar-refractivity contribution in [3.05, 3.63) is 42.5 Å². The lowest BCUT2D eigenvalue weighted by atomic mass is 10.1. The first-order valence-electron chi connectivity index (χ1n) is 10.1. The first kappa shape index (κ1) is 23.7. The highest BCUT2D eigenvalue weighted by Gasteiger charge is 2.45. The van der Waals surface area contributed by atoms with Crippen LogP contribution in [0.5, 0.6) is 5.75 Å². The van der Waals surface area contributed by atoms with Gasteiger partial charge in [0, 0.05) is 5.75 Å². The molecule has 5 N–H and O–H groups in total. The van der Waals surface area contributed by atoms with Crippen molar-refractivity contribution in [3.63, 3.8) is 0 Å². The number of ether oxygens (including phenoxy) is 2. The number of hydrogen-bond donors (Lipinski definition) is 5. The monoisotopic (exact) mass is 491 g/mol. The average molecular weight is 491 g/mol. The predicted molar refractivity (Wildman–Crippen MR) is 116 cm³/mol. The molecule has 4 atom stereocenters. The Kier molecular flexibility index (Phi) is 7.12. The minimum absolute atomic E-state index is 0.179. The fraction of sp³-hybridized carbons (Fsp3) is 0.350. The summed E-state index contributed by atoms with van der Waals surface area (Å²) in [6.45, 7) is -1.03. The fourth-order valence-electron chi connectivity index (χ4n) is 3.32. The lowest BCUT2D eigenvalue weighted by molar-refractivity contribution is -0.135. The van der Waals surface area contributed by atoms with Gasteiger partial charge < -0.3 is 35.2 Å². The molecule has 0 bridgehead atoms. The summed E-state index contributed by atoms with van der Waals surface area (Å²) in [5.74, 6) is -0.484. The standard InChI is InChI=1S/C20H21N5O8S/c26-11-3-1-10(2-4-11)7-34-18-14-17(22-8-23-18)25(9-24-14)19-16(30)15(29)12(33-19)6-32-20(31)21-5-13(27)28/h1-4,8-9,12,15-16,19,26,29-30H,5-7H2,(H,21,31)(H,27,28)/t12-,15?,16?,19-/m1/s1. The van der Waals surface area contributed by atoms with Crippen molar-refractivity contribution in [2.45, 2.75) is 35.3 Å². The third kappa shape index (κ3) is 5.20. The van der Waals surface area contributed by atoms with Gasteiger partial charge >= 0.3 is 12.1 Å². The highest BCUT2D eigenvalue weighted by Crippen LogP contribution is 2.33. The molecule has 1 fully saturated rings. The number of hydrogen-bond acceptors (Lipinski definition) is 11. The van der Waals surface area contributed by atoms with Crippen LogP contribution in [0.4, 0.5) is 4.79 Å². The number of carbonyl (C=O) groups excluding carboxylic acids is 1. The number of aliphatic carboxylic acids is 1. The number of carbonyl (C=O) groups is 2. The van der Waals surface area contributed by atoms with E-state index in [9.17, 15) is 24.9 Å². The number of carboxylic acids is 1. The van der Waals surface area contributed by atoms with Gasteiger partial charge in [-0.2, -0.15) is 0 Å². The zero-order valence-electron chi connectivity index (χ0n) is 17.5. The normalized spacial score (nSPS) is 22.1. The van der Waals surface area contributed by atoms with Crippen molar-refractivity contribution >= 4 is 35.0 Å². The van der Waals surface area contributed by atoms with E-state index >= 15 is 0 Å². The molecule has 0 radical (unpaired) electrons. The van der Waals surface area contributed by atoms with Crippen LogP contribution in [-0.4, -0.2) is 83.5 Å². The molecule has 34 heavy (non-hydrogen) atoms. The van der Waals surface area contributed by atoms with Crippen LogP contribution in [0.25, 0.3) is 11.2 Å². The molecule has 1 aromatic carbocycles. The molecule has 3 aromatic rings. The Morgan fingerprint density at radius 3 is 2.65 bits per heavy atom. The maximum absolute atomic E-state index is 11.6. The van der Waals surface area contributed by atoms with Gasteiger partial charge in [-0.15, -0.1) is 0 Å². The van der Waals surface area contributed by atoms with Crippen LogP contribution in [0.2, 0.25) is 0 Å². The number of aliphatic hydroxyl groups excluding tert-OH is 2. The van der Waals surface area contributed by atoms with E-state index in [4.69, 9.17) is 14.6 Å². The second-order valence-corrected chi connectivity index (χ2v) is 8.31. The number of amides is 1. The first-order chi connectivity index (χ1) is 16.3. The molecule has 4 rings (SSSR count). The predicted octanol–water partition coefficient (Wildman–Crippen LogP) is 0.254. The summed E-state index contributed by atoms with van der Waals surface area (Å²) in [5.41, 5.74) is 1.83. The van der Waals surface area contributed by atoms with Crippen molar-refractivity contribution in [1.82, 2.24) is 24.8 Å². The first-order valence-corrected chi connectivity index (χ1v) is 11.0. The van der Waals surface area contributed by atoms with E-state index in [1.807, 2.05) is 5.32 Å². The van der Waals surface area contributed by atoms with Crippen LogP contribution >= 0.6 is 11.8 Å². The smallest absolute Gasteiger partial charge is 0.407 e. The molecule has 0 aliphatic carbocycles. The van der Waals surface area contributed by atoms with Crippen LogP contribution in [0, 0.1) is 0 Å². The van der Waals surface area contributed by atoms with E-state index in [-0.39, 0.29) is 5.75 Å². The zero-order valence-corrected chi connectivity index (χ0v) is 18.3. The molecule has 2 aromatic heterocycles. The Morgan fingerprint density at radius 2 is 1.91 bits per heavy atom. The molecule has 180 valence electrons. The van der Waals surface area contributed by atoms with Crippen molar-refractivity contribution in [2.75, 3.05) is 13.2 Å². The zero-order chi connectivity index (χ0) is 24.2. The summed E-state index contributed by atoms with van der Waals surface area (Å²) >= 11 is 1.42. The van der Waals surface area contributed by atoms with Gasteiger partial charge in [-0.1, -0.05) is 23.9 Å². The number of rotatable bonds is 8. The maximum atomic E-state index is 11.6. The molecule has 14 heteroatoms. The van der Waals surface area contributed by atoms with Gasteiger partial charge in [0.05, 0.1) is 6.33 Å². The maximum Gasteiger partial charge on any atom is 0.407 e. The van der Waals surface area contributed by atoms with Crippen LogP contribution in [0.1, 0.15) is 11.8 Å². The highest BCUT2D eigenvalue weighted by atomic mass is 32.2. The third-order valence-electron chi connectivity index (χ3n) is 5.01. The summed E-state index contributed by atoms with van der Waals surface area (Å²) < 4.78 is 12.0. The topological polar surface area (TPSA) is 189 Å². The Balaban J connectivity index is 1.44. The Labute approximate surface area is 196 Å². The lowest BCUT2D eigenvalue weighted by Gasteiger charge is -2.16. The Hall–Kier alpha value is -3.46. The van der Waals surface area contributed by atoms with E-state index in [0.717, 1.165) is 5.56 Å². The molecule has 1 saturated heterocycles. The summed E-state index contributed by atoms with van der Waals surface area (Å²) in [6.07, 6.45) is -3.08. The van der Waals surface area contributed by atoms with Gasteiger partial charge in [0.1, 0.15) is 54.1 Å². The molecular weight excluding hydrogens is 470 g/mol. The summed E-state index contributed by atoms with van der Waals surface area (Å²) in [5, 5.41) is 41.5. The van der Waals surface area contributed by atoms with Crippen molar-refractivity contribution in [2.24, 2.45) is 0 Å². The van der Waals surface area contributed by atoms with Crippen LogP contribution in [0.3, 0.4) is 0 Å². The number of imidazole rings is 1. The van der Waals surface area contributed by atoms with Gasteiger partial charge in [-0.25, -0.2) is 19.7 Å². The number of aliphatic hydroxyl groups is 2. The molecule has 1 aliphatic heterocycles. The molecule has 13 nitrogen and oxygen atoms in total. The van der Waals surface area contributed by atoms with Gasteiger partial charge in [-0.3, -0.25) is 9.36 Å². The summed E-state index contributed by atoms with van der Waals surface area (Å²) in [7, 11) is 0. The number of alkyl carbamates (subject to hydrolysis) is 1. The lowest BCUT2D eigenvalue weighted by Crippen LogP contribution is -2.36. The molecule has 1 amide bonds. The molecule has 1 aliphatic rings. The Morgan fingerprint density at radius 1 is 1.15 bits per heavy atom.